The molecule has 6 heteroatoms. The first kappa shape index (κ1) is 28.1. The van der Waals surface area contributed by atoms with E-state index in [1.807, 2.05) is 0 Å². The number of hydrogen-bond acceptors (Lipinski definition) is 3. The molecule has 0 aliphatic carbocycles. The third-order valence-corrected chi connectivity index (χ3v) is 9.20. The van der Waals surface area contributed by atoms with E-state index >= 15 is 0 Å². The van der Waals surface area contributed by atoms with Crippen LogP contribution in [-0.2, 0) is 10.1 Å². The monoisotopic (exact) mass is 473 g/mol. The minimum Gasteiger partial charge on any atom is -0.748 e. The quantitative estimate of drug-likeness (QED) is 0.134. The Morgan fingerprint density at radius 1 is 0.531 bits per heavy atom. The summed E-state index contributed by atoms with van der Waals surface area (Å²) >= 11 is 0. The summed E-state index contributed by atoms with van der Waals surface area (Å²) < 4.78 is 34.9. The number of rotatable bonds is 20. The van der Waals surface area contributed by atoms with Crippen LogP contribution < -0.4 is 0 Å². The van der Waals surface area contributed by atoms with E-state index in [9.17, 15) is 13.0 Å². The van der Waals surface area contributed by atoms with E-state index in [4.69, 9.17) is 0 Å². The topological polar surface area (TPSA) is 57.2 Å². The van der Waals surface area contributed by atoms with Crippen molar-refractivity contribution in [3.8, 4) is 0 Å². The van der Waals surface area contributed by atoms with Crippen LogP contribution in [0.25, 0.3) is 0 Å². The zero-order valence-electron chi connectivity index (χ0n) is 21.2. The average Bonchev–Trinajstić information content (AvgIpc) is 2.78. The Bertz CT molecular complexity index is 569. The molecule has 0 aromatic carbocycles. The van der Waals surface area contributed by atoms with E-state index in [2.05, 4.69) is 6.92 Å². The van der Waals surface area contributed by atoms with Gasteiger partial charge >= 0.3 is 0 Å². The van der Waals surface area contributed by atoms with Crippen LogP contribution in [-0.4, -0.2) is 80.0 Å². The molecule has 3 heterocycles. The minimum atomic E-state index is -4.04. The summed E-state index contributed by atoms with van der Waals surface area (Å²) in [5.41, 5.74) is 0. The molecule has 3 saturated heterocycles. The number of unbranched alkanes of at least 4 members (excludes halogenated alkanes) is 14. The van der Waals surface area contributed by atoms with Crippen LogP contribution in [0.4, 0.5) is 0 Å². The van der Waals surface area contributed by atoms with Crippen LogP contribution in [0.2, 0.25) is 0 Å². The molecule has 0 aromatic rings. The van der Waals surface area contributed by atoms with E-state index in [1.54, 1.807) is 0 Å². The van der Waals surface area contributed by atoms with Gasteiger partial charge in [0.05, 0.1) is 23.2 Å². The fraction of sp³-hybridized carbons (Fsp3) is 1.00. The molecule has 0 spiro atoms. The van der Waals surface area contributed by atoms with Crippen molar-refractivity contribution in [3.05, 3.63) is 0 Å². The highest BCUT2D eigenvalue weighted by molar-refractivity contribution is 7.85. The number of piperazine rings is 3. The van der Waals surface area contributed by atoms with Gasteiger partial charge in [-0.1, -0.05) is 84.0 Å². The van der Waals surface area contributed by atoms with E-state index in [-0.39, 0.29) is 5.75 Å². The van der Waals surface area contributed by atoms with Crippen molar-refractivity contribution in [2.75, 3.05) is 58.1 Å². The third kappa shape index (κ3) is 11.3. The van der Waals surface area contributed by atoms with Gasteiger partial charge in [-0.05, 0) is 25.7 Å². The van der Waals surface area contributed by atoms with Gasteiger partial charge in [-0.3, -0.25) is 0 Å². The second-order valence-corrected chi connectivity index (χ2v) is 12.6. The lowest BCUT2D eigenvalue weighted by Crippen LogP contribution is -2.75. The van der Waals surface area contributed by atoms with Crippen molar-refractivity contribution in [1.82, 2.24) is 0 Å². The summed E-state index contributed by atoms with van der Waals surface area (Å²) in [6.45, 7) is 12.4. The molecule has 0 unspecified atom stereocenters. The second kappa shape index (κ2) is 15.0. The van der Waals surface area contributed by atoms with E-state index in [0.717, 1.165) is 13.0 Å². The summed E-state index contributed by atoms with van der Waals surface area (Å²) in [7, 11) is -4.04. The molecule has 0 N–H and O–H groups in total. The molecule has 0 radical (unpaired) electrons. The Kier molecular flexibility index (Phi) is 13.1. The van der Waals surface area contributed by atoms with Gasteiger partial charge in [0.1, 0.15) is 39.3 Å². The van der Waals surface area contributed by atoms with Crippen molar-refractivity contribution in [1.29, 1.82) is 0 Å². The smallest absolute Gasteiger partial charge is 0.129 e. The number of quaternary nitrogens is 2. The van der Waals surface area contributed by atoms with Gasteiger partial charge in [0, 0.05) is 5.75 Å². The van der Waals surface area contributed by atoms with Gasteiger partial charge in [0.2, 0.25) is 0 Å². The number of fused-ring (bicyclic) bond motifs is 3. The molecular formula is C26H53N2O3S+. The maximum atomic E-state index is 10.8. The molecule has 190 valence electrons. The predicted octanol–water partition coefficient (Wildman–Crippen LogP) is 5.45. The lowest BCUT2D eigenvalue weighted by molar-refractivity contribution is -1.08. The molecule has 3 rings (SSSR count). The molecule has 3 aliphatic rings. The Labute approximate surface area is 199 Å². The van der Waals surface area contributed by atoms with Gasteiger partial charge in [-0.25, -0.2) is 8.42 Å². The van der Waals surface area contributed by atoms with Gasteiger partial charge < -0.3 is 13.5 Å². The zero-order valence-corrected chi connectivity index (χ0v) is 22.0. The minimum absolute atomic E-state index is 0.188. The van der Waals surface area contributed by atoms with Gasteiger partial charge in [0.25, 0.3) is 0 Å². The van der Waals surface area contributed by atoms with Crippen molar-refractivity contribution >= 4 is 10.1 Å². The molecule has 3 aliphatic heterocycles. The van der Waals surface area contributed by atoms with Gasteiger partial charge in [-0.15, -0.1) is 0 Å². The first-order chi connectivity index (χ1) is 15.4. The highest BCUT2D eigenvalue weighted by Crippen LogP contribution is 2.28. The number of hydrogen-bond donors (Lipinski definition) is 0. The normalized spacial score (nSPS) is 25.4. The Morgan fingerprint density at radius 2 is 0.844 bits per heavy atom. The molecule has 0 saturated carbocycles. The molecular weight excluding hydrogens is 420 g/mol. The van der Waals surface area contributed by atoms with Crippen LogP contribution in [0.5, 0.6) is 0 Å². The molecule has 3 fully saturated rings. The highest BCUT2D eigenvalue weighted by Gasteiger charge is 2.48. The molecule has 32 heavy (non-hydrogen) atoms. The van der Waals surface area contributed by atoms with Crippen LogP contribution in [0.1, 0.15) is 110 Å². The summed E-state index contributed by atoms with van der Waals surface area (Å²) in [5, 5.41) is 0. The van der Waals surface area contributed by atoms with Crippen LogP contribution in [0.15, 0.2) is 0 Å². The molecule has 0 atom stereocenters. The molecule has 0 aromatic heterocycles. The van der Waals surface area contributed by atoms with Crippen molar-refractivity contribution in [3.63, 3.8) is 0 Å². The van der Waals surface area contributed by atoms with Gasteiger partial charge in [-0.2, -0.15) is 0 Å². The van der Waals surface area contributed by atoms with E-state index in [0.29, 0.717) is 6.42 Å². The SMILES string of the molecule is CCCCCCCCCCCCCCCC[N+]12CC[N+](CCCCS(=O)(=O)[O-])(CC1)CC2. The first-order valence-corrected chi connectivity index (χ1v) is 15.6. The zero-order chi connectivity index (χ0) is 23.2. The molecule has 0 amide bonds. The van der Waals surface area contributed by atoms with Crippen LogP contribution >= 0.6 is 0 Å². The van der Waals surface area contributed by atoms with E-state index < -0.39 is 10.1 Å². The summed E-state index contributed by atoms with van der Waals surface area (Å²) in [6, 6.07) is 0. The molecule has 5 nitrogen and oxygen atoms in total. The summed E-state index contributed by atoms with van der Waals surface area (Å²) in [4.78, 5) is 0. The van der Waals surface area contributed by atoms with Crippen molar-refractivity contribution < 1.29 is 21.9 Å². The highest BCUT2D eigenvalue weighted by atomic mass is 32.2. The van der Waals surface area contributed by atoms with Crippen LogP contribution in [0, 0.1) is 0 Å². The number of nitrogens with zero attached hydrogens (tertiary/aromatic N) is 2. The standard InChI is InChI=1S/C26H53N2O3S/c1-2-3-4-5-6-7-8-9-10-11-12-13-14-15-18-27-20-23-28(24-21-27,25-22-27)19-16-17-26-32(29,30)31/h2-26H2,1H3/q+1. The lowest BCUT2D eigenvalue weighted by Gasteiger charge is -2.55. The fourth-order valence-electron chi connectivity index (χ4n) is 5.98. The van der Waals surface area contributed by atoms with Crippen molar-refractivity contribution in [2.24, 2.45) is 0 Å². The fourth-order valence-corrected chi connectivity index (χ4v) is 6.54. The third-order valence-electron chi connectivity index (χ3n) is 8.41. The maximum absolute atomic E-state index is 10.8. The second-order valence-electron chi connectivity index (χ2n) is 11.0. The summed E-state index contributed by atoms with van der Waals surface area (Å²) in [5.74, 6) is -0.188. The first-order valence-electron chi connectivity index (χ1n) is 14.0. The average molecular weight is 474 g/mol. The van der Waals surface area contributed by atoms with E-state index in [1.165, 1.54) is 145 Å². The van der Waals surface area contributed by atoms with Crippen molar-refractivity contribution in [2.45, 2.75) is 110 Å². The Hall–Kier alpha value is -0.170. The van der Waals surface area contributed by atoms with Gasteiger partial charge in [0.15, 0.2) is 0 Å². The van der Waals surface area contributed by atoms with Crippen LogP contribution in [0.3, 0.4) is 0 Å². The predicted molar refractivity (Wildman–Crippen MR) is 134 cm³/mol. The Morgan fingerprint density at radius 3 is 1.19 bits per heavy atom. The lowest BCUT2D eigenvalue weighted by atomic mass is 10.0. The maximum Gasteiger partial charge on any atom is 0.129 e. The summed E-state index contributed by atoms with van der Waals surface area (Å²) in [6.07, 6.45) is 21.4. The Balaban J connectivity index is 1.42. The largest absolute Gasteiger partial charge is 0.748 e. The molecule has 2 bridgehead atoms.